The highest BCUT2D eigenvalue weighted by molar-refractivity contribution is 6.48. The van der Waals surface area contributed by atoms with E-state index >= 15 is 0 Å². The van der Waals surface area contributed by atoms with Crippen molar-refractivity contribution in [2.75, 3.05) is 4.90 Å². The largest absolute Gasteiger partial charge is 0.297 e. The maximum absolute atomic E-state index is 13.8. The zero-order valence-corrected chi connectivity index (χ0v) is 19.8. The summed E-state index contributed by atoms with van der Waals surface area (Å²) < 4.78 is 27.6. The number of halogens is 2. The lowest BCUT2D eigenvalue weighted by Crippen LogP contribution is -2.31. The van der Waals surface area contributed by atoms with Crippen molar-refractivity contribution in [1.29, 1.82) is 0 Å². The summed E-state index contributed by atoms with van der Waals surface area (Å²) in [5.74, 6) is -6.34. The predicted octanol–water partition coefficient (Wildman–Crippen LogP) is 5.18. The van der Waals surface area contributed by atoms with E-state index in [0.717, 1.165) is 17.4 Å². The number of amides is 1. The van der Waals surface area contributed by atoms with Gasteiger partial charge in [0.2, 0.25) is 5.78 Å². The molecule has 180 valence electrons. The van der Waals surface area contributed by atoms with Gasteiger partial charge >= 0.3 is 0 Å². The normalized spacial score (nSPS) is 18.4. The first kappa shape index (κ1) is 24.3. The molecular weight excluding hydrogens is 452 g/mol. The molecule has 1 saturated heterocycles. The van der Waals surface area contributed by atoms with Crippen LogP contribution >= 0.6 is 0 Å². The fraction of sp³-hybridized carbons (Fsp3) is 0.296. The van der Waals surface area contributed by atoms with Crippen molar-refractivity contribution in [3.8, 4) is 0 Å². The number of aromatic nitrogens is 2. The van der Waals surface area contributed by atoms with E-state index in [1.807, 2.05) is 26.0 Å². The van der Waals surface area contributed by atoms with E-state index in [-0.39, 0.29) is 17.3 Å². The Morgan fingerprint density at radius 1 is 0.943 bits per heavy atom. The molecule has 8 heteroatoms. The van der Waals surface area contributed by atoms with Gasteiger partial charge in [-0.1, -0.05) is 62.4 Å². The van der Waals surface area contributed by atoms with Crippen LogP contribution in [0.3, 0.4) is 0 Å². The van der Waals surface area contributed by atoms with Crippen LogP contribution in [0, 0.1) is 12.8 Å². The zero-order valence-electron chi connectivity index (χ0n) is 19.8. The number of hydrogen-bond donors (Lipinski definition) is 0. The van der Waals surface area contributed by atoms with Gasteiger partial charge in [0.05, 0.1) is 11.7 Å². The van der Waals surface area contributed by atoms with E-state index < -0.39 is 35.4 Å². The number of nitrogens with zero attached hydrogens (tertiary/aromatic N) is 3. The summed E-state index contributed by atoms with van der Waals surface area (Å²) in [5, 5.41) is 8.02. The summed E-state index contributed by atoms with van der Waals surface area (Å²) in [7, 11) is 0. The van der Waals surface area contributed by atoms with Crippen molar-refractivity contribution in [2.45, 2.75) is 45.6 Å². The third-order valence-corrected chi connectivity index (χ3v) is 6.24. The Bertz CT molecular complexity index is 1270. The lowest BCUT2D eigenvalue weighted by atomic mass is 9.85. The SMILES string of the molecule is Cc1ccc(N2C(=O)C(=O)C(C(=O)c3ccc(C(C)C)cc3)[C@H]2c2ccc(C(C)(F)F)cc2)nn1. The van der Waals surface area contributed by atoms with E-state index in [9.17, 15) is 23.2 Å². The molecule has 1 fully saturated rings. The molecule has 2 heterocycles. The number of rotatable bonds is 6. The van der Waals surface area contributed by atoms with Crippen LogP contribution < -0.4 is 4.90 Å². The smallest absolute Gasteiger partial charge is 0.293 e. The summed E-state index contributed by atoms with van der Waals surface area (Å²) in [4.78, 5) is 41.0. The summed E-state index contributed by atoms with van der Waals surface area (Å²) in [6, 6.07) is 14.3. The van der Waals surface area contributed by atoms with Crippen LogP contribution in [0.5, 0.6) is 0 Å². The van der Waals surface area contributed by atoms with Crippen LogP contribution in [0.2, 0.25) is 0 Å². The van der Waals surface area contributed by atoms with Crippen molar-refractivity contribution in [1.82, 2.24) is 10.2 Å². The highest BCUT2D eigenvalue weighted by Gasteiger charge is 2.53. The number of aryl methyl sites for hydroxylation is 1. The predicted molar refractivity (Wildman–Crippen MR) is 126 cm³/mol. The number of carbonyl (C=O) groups excluding carboxylic acids is 3. The molecule has 0 spiro atoms. The van der Waals surface area contributed by atoms with E-state index in [1.54, 1.807) is 31.2 Å². The molecule has 1 aromatic heterocycles. The molecule has 1 unspecified atom stereocenters. The minimum absolute atomic E-state index is 0.106. The number of hydrogen-bond acceptors (Lipinski definition) is 5. The Hall–Kier alpha value is -3.81. The summed E-state index contributed by atoms with van der Waals surface area (Å²) >= 11 is 0. The Morgan fingerprint density at radius 3 is 2.09 bits per heavy atom. The van der Waals surface area contributed by atoms with E-state index in [2.05, 4.69) is 10.2 Å². The van der Waals surface area contributed by atoms with Gasteiger partial charge in [0.25, 0.3) is 11.8 Å². The van der Waals surface area contributed by atoms with Crippen molar-refractivity contribution >= 4 is 23.3 Å². The van der Waals surface area contributed by atoms with Crippen LogP contribution in [-0.2, 0) is 15.5 Å². The first-order valence-corrected chi connectivity index (χ1v) is 11.3. The van der Waals surface area contributed by atoms with Crippen LogP contribution in [0.25, 0.3) is 0 Å². The number of anilines is 1. The molecule has 0 aliphatic carbocycles. The second kappa shape index (κ2) is 9.09. The van der Waals surface area contributed by atoms with Gasteiger partial charge in [0.1, 0.15) is 5.92 Å². The quantitative estimate of drug-likeness (QED) is 0.278. The molecule has 2 aromatic carbocycles. The van der Waals surface area contributed by atoms with Gasteiger partial charge in [-0.25, -0.2) is 8.78 Å². The van der Waals surface area contributed by atoms with Gasteiger partial charge in [0.15, 0.2) is 11.6 Å². The fourth-order valence-corrected chi connectivity index (χ4v) is 4.23. The van der Waals surface area contributed by atoms with Gasteiger partial charge in [-0.2, -0.15) is 5.10 Å². The van der Waals surface area contributed by atoms with Crippen molar-refractivity contribution < 1.29 is 23.2 Å². The molecule has 0 saturated carbocycles. The van der Waals surface area contributed by atoms with Gasteiger partial charge in [0, 0.05) is 18.1 Å². The Labute approximate surface area is 202 Å². The summed E-state index contributed by atoms with van der Waals surface area (Å²) in [6.45, 7) is 6.56. The lowest BCUT2D eigenvalue weighted by Gasteiger charge is -2.26. The minimum atomic E-state index is -3.06. The molecule has 0 N–H and O–H groups in total. The Morgan fingerprint density at radius 2 is 1.57 bits per heavy atom. The average molecular weight is 478 g/mol. The van der Waals surface area contributed by atoms with Crippen LogP contribution in [0.1, 0.15) is 65.5 Å². The number of Topliss-reactive ketones (excluding diaryl/α,β-unsaturated/α-hetero) is 2. The maximum Gasteiger partial charge on any atom is 0.297 e. The van der Waals surface area contributed by atoms with Gasteiger partial charge in [-0.05, 0) is 36.1 Å². The average Bonchev–Trinajstić information content (AvgIpc) is 3.09. The van der Waals surface area contributed by atoms with E-state index in [4.69, 9.17) is 0 Å². The van der Waals surface area contributed by atoms with Gasteiger partial charge < -0.3 is 0 Å². The Kier molecular flexibility index (Phi) is 6.32. The second-order valence-electron chi connectivity index (χ2n) is 9.15. The number of ketones is 2. The monoisotopic (exact) mass is 477 g/mol. The third-order valence-electron chi connectivity index (χ3n) is 6.24. The van der Waals surface area contributed by atoms with Gasteiger partial charge in [-0.3, -0.25) is 19.3 Å². The standard InChI is InChI=1S/C27H25F2N3O3/c1-15(2)17-6-8-19(9-7-17)24(33)22-23(18-10-12-20(13-11-18)27(4,28)29)32(26(35)25(22)34)21-14-5-16(3)30-31-21/h5-15,22-23H,1-4H3/t22?,23-/m1/s1. The van der Waals surface area contributed by atoms with Crippen LogP contribution in [0.4, 0.5) is 14.6 Å². The highest BCUT2D eigenvalue weighted by Crippen LogP contribution is 2.41. The highest BCUT2D eigenvalue weighted by atomic mass is 19.3. The molecular formula is C27H25F2N3O3. The molecule has 4 rings (SSSR count). The molecule has 6 nitrogen and oxygen atoms in total. The van der Waals surface area contributed by atoms with E-state index in [0.29, 0.717) is 16.8 Å². The first-order chi connectivity index (χ1) is 16.5. The lowest BCUT2D eigenvalue weighted by molar-refractivity contribution is -0.135. The minimum Gasteiger partial charge on any atom is -0.293 e. The maximum atomic E-state index is 13.8. The zero-order chi connectivity index (χ0) is 25.5. The molecule has 35 heavy (non-hydrogen) atoms. The van der Waals surface area contributed by atoms with E-state index in [1.165, 1.54) is 24.3 Å². The molecule has 2 atom stereocenters. The van der Waals surface area contributed by atoms with Crippen LogP contribution in [0.15, 0.2) is 60.7 Å². The van der Waals surface area contributed by atoms with Crippen molar-refractivity contribution in [3.05, 3.63) is 88.6 Å². The summed E-state index contributed by atoms with van der Waals surface area (Å²) in [6.07, 6.45) is 0. The Balaban J connectivity index is 1.81. The third kappa shape index (κ3) is 4.60. The first-order valence-electron chi connectivity index (χ1n) is 11.3. The van der Waals surface area contributed by atoms with Gasteiger partial charge in [-0.15, -0.1) is 5.10 Å². The topological polar surface area (TPSA) is 80.2 Å². The second-order valence-corrected chi connectivity index (χ2v) is 9.15. The van der Waals surface area contributed by atoms with Crippen molar-refractivity contribution in [3.63, 3.8) is 0 Å². The van der Waals surface area contributed by atoms with Crippen LogP contribution in [-0.4, -0.2) is 27.7 Å². The summed E-state index contributed by atoms with van der Waals surface area (Å²) in [5.41, 5.74) is 2.08. The molecule has 0 bridgehead atoms. The number of alkyl halides is 2. The molecule has 0 radical (unpaired) electrons. The number of benzene rings is 2. The van der Waals surface area contributed by atoms with Crippen molar-refractivity contribution in [2.24, 2.45) is 5.92 Å². The molecule has 1 aliphatic rings. The molecule has 3 aromatic rings. The molecule has 1 aliphatic heterocycles. The number of carbonyl (C=O) groups is 3. The fourth-order valence-electron chi connectivity index (χ4n) is 4.23. The molecule has 1 amide bonds.